The van der Waals surface area contributed by atoms with Gasteiger partial charge in [-0.05, 0) is 19.4 Å². The zero-order valence-electron chi connectivity index (χ0n) is 8.62. The average Bonchev–Trinajstić information content (AvgIpc) is 2.71. The van der Waals surface area contributed by atoms with Crippen LogP contribution >= 0.6 is 0 Å². The molecule has 2 amide bonds. The highest BCUT2D eigenvalue weighted by molar-refractivity contribution is 5.75. The van der Waals surface area contributed by atoms with Gasteiger partial charge in [-0.15, -0.1) is 0 Å². The quantitative estimate of drug-likeness (QED) is 0.287. The molecule has 1 aliphatic heterocycles. The van der Waals surface area contributed by atoms with Gasteiger partial charge in [-0.1, -0.05) is 0 Å². The lowest BCUT2D eigenvalue weighted by molar-refractivity contribution is -0.133. The summed E-state index contributed by atoms with van der Waals surface area (Å²) in [6, 6.07) is 0.346. The van der Waals surface area contributed by atoms with Crippen LogP contribution in [0.2, 0.25) is 0 Å². The molecule has 0 radical (unpaired) electrons. The van der Waals surface area contributed by atoms with E-state index in [0.29, 0.717) is 25.6 Å². The summed E-state index contributed by atoms with van der Waals surface area (Å²) in [5.41, 5.74) is 2.33. The zero-order chi connectivity index (χ0) is 10.9. The van der Waals surface area contributed by atoms with Crippen LogP contribution in [0, 0.1) is 0 Å². The first-order chi connectivity index (χ1) is 7.33. The molecule has 1 unspecified atom stereocenters. The summed E-state index contributed by atoms with van der Waals surface area (Å²) in [6.45, 7) is 1.85. The van der Waals surface area contributed by atoms with Gasteiger partial charge in [0, 0.05) is 19.0 Å². The molecule has 6 heteroatoms. The molecule has 0 aliphatic carbocycles. The van der Waals surface area contributed by atoms with Crippen molar-refractivity contribution in [2.24, 2.45) is 0 Å². The van der Waals surface area contributed by atoms with Crippen molar-refractivity contribution in [3.05, 3.63) is 0 Å². The van der Waals surface area contributed by atoms with Crippen LogP contribution < -0.4 is 16.1 Å². The maximum absolute atomic E-state index is 11.1. The van der Waals surface area contributed by atoms with E-state index < -0.39 is 0 Å². The van der Waals surface area contributed by atoms with Crippen LogP contribution in [0.4, 0.5) is 0 Å². The van der Waals surface area contributed by atoms with Crippen molar-refractivity contribution in [1.82, 2.24) is 16.1 Å². The third-order valence-electron chi connectivity index (χ3n) is 2.21. The fraction of sp³-hybridized carbons (Fsp3) is 0.778. The van der Waals surface area contributed by atoms with E-state index in [-0.39, 0.29) is 12.3 Å². The van der Waals surface area contributed by atoms with E-state index in [0.717, 1.165) is 19.4 Å². The van der Waals surface area contributed by atoms with Crippen LogP contribution in [0.5, 0.6) is 0 Å². The normalized spacial score (nSPS) is 19.9. The van der Waals surface area contributed by atoms with Gasteiger partial charge in [0.25, 0.3) is 0 Å². The molecule has 0 aromatic heterocycles. The van der Waals surface area contributed by atoms with Gasteiger partial charge < -0.3 is 10.6 Å². The van der Waals surface area contributed by atoms with E-state index in [1.54, 1.807) is 0 Å². The maximum Gasteiger partial charge on any atom is 0.245 e. The van der Waals surface area contributed by atoms with Crippen LogP contribution in [-0.4, -0.2) is 38.1 Å². The van der Waals surface area contributed by atoms with Gasteiger partial charge in [0.05, 0.1) is 6.61 Å². The van der Waals surface area contributed by atoms with Crippen molar-refractivity contribution in [1.29, 1.82) is 0 Å². The van der Waals surface area contributed by atoms with Gasteiger partial charge in [-0.2, -0.15) is 0 Å². The molecule has 0 bridgehead atoms. The highest BCUT2D eigenvalue weighted by Gasteiger charge is 2.14. The third kappa shape index (κ3) is 5.34. The fourth-order valence-electron chi connectivity index (χ4n) is 1.42. The first-order valence-corrected chi connectivity index (χ1v) is 5.14. The summed E-state index contributed by atoms with van der Waals surface area (Å²) in [5, 5.41) is 5.65. The van der Waals surface area contributed by atoms with Crippen LogP contribution in [0.25, 0.3) is 0 Å². The maximum atomic E-state index is 11.1. The molecule has 6 nitrogen and oxygen atoms in total. The van der Waals surface area contributed by atoms with Crippen LogP contribution in [0.3, 0.4) is 0 Å². The second kappa shape index (κ2) is 7.19. The van der Waals surface area contributed by atoms with Gasteiger partial charge in [-0.25, -0.2) is 5.48 Å². The molecule has 0 aromatic rings. The molecular weight excluding hydrogens is 198 g/mol. The molecule has 1 aliphatic rings. The lowest BCUT2D eigenvalue weighted by atomic mass is 10.2. The molecule has 1 rings (SSSR count). The number of nitrogens with one attached hydrogen (secondary N) is 3. The van der Waals surface area contributed by atoms with Crippen molar-refractivity contribution in [2.75, 3.05) is 19.7 Å². The van der Waals surface area contributed by atoms with Crippen LogP contribution in [0.1, 0.15) is 19.3 Å². The SMILES string of the molecule is O=CNCCC(=O)NOCC1CCCN1. The molecule has 1 fully saturated rings. The molecule has 3 N–H and O–H groups in total. The van der Waals surface area contributed by atoms with E-state index in [1.165, 1.54) is 0 Å². The zero-order valence-corrected chi connectivity index (χ0v) is 8.62. The minimum atomic E-state index is -0.220. The molecule has 1 heterocycles. The van der Waals surface area contributed by atoms with E-state index in [9.17, 15) is 9.59 Å². The van der Waals surface area contributed by atoms with Gasteiger partial charge >= 0.3 is 0 Å². The number of rotatable bonds is 7. The molecule has 0 saturated carbocycles. The summed E-state index contributed by atoms with van der Waals surface area (Å²) in [5.74, 6) is -0.220. The van der Waals surface area contributed by atoms with E-state index in [2.05, 4.69) is 16.1 Å². The Bertz CT molecular complexity index is 205. The standard InChI is InChI=1S/C9H17N3O3/c13-7-10-5-3-9(14)12-15-6-8-2-1-4-11-8/h7-8,11H,1-6H2,(H,10,13)(H,12,14). The largest absolute Gasteiger partial charge is 0.358 e. The molecule has 1 saturated heterocycles. The van der Waals surface area contributed by atoms with Gasteiger partial charge in [0.2, 0.25) is 12.3 Å². The van der Waals surface area contributed by atoms with E-state index in [4.69, 9.17) is 4.84 Å². The Morgan fingerprint density at radius 1 is 1.60 bits per heavy atom. The topological polar surface area (TPSA) is 79.5 Å². The van der Waals surface area contributed by atoms with Gasteiger partial charge in [0.1, 0.15) is 0 Å². The Hall–Kier alpha value is -1.14. The number of carbonyl (C=O) groups is 2. The second-order valence-corrected chi connectivity index (χ2v) is 3.45. The summed E-state index contributed by atoms with van der Waals surface area (Å²) in [4.78, 5) is 26.0. The first-order valence-electron chi connectivity index (χ1n) is 5.14. The smallest absolute Gasteiger partial charge is 0.245 e. The second-order valence-electron chi connectivity index (χ2n) is 3.45. The van der Waals surface area contributed by atoms with Gasteiger partial charge in [0.15, 0.2) is 0 Å². The van der Waals surface area contributed by atoms with Crippen molar-refractivity contribution < 1.29 is 14.4 Å². The third-order valence-corrected chi connectivity index (χ3v) is 2.21. The van der Waals surface area contributed by atoms with Crippen molar-refractivity contribution in [3.63, 3.8) is 0 Å². The Labute approximate surface area is 88.7 Å². The van der Waals surface area contributed by atoms with Crippen molar-refractivity contribution in [2.45, 2.75) is 25.3 Å². The molecule has 15 heavy (non-hydrogen) atoms. The highest BCUT2D eigenvalue weighted by Crippen LogP contribution is 2.03. The molecule has 1 atom stereocenters. The summed E-state index contributed by atoms with van der Waals surface area (Å²) >= 11 is 0. The van der Waals surface area contributed by atoms with E-state index in [1.807, 2.05) is 0 Å². The minimum absolute atomic E-state index is 0.220. The predicted octanol–water partition coefficient (Wildman–Crippen LogP) is -1.08. The number of hydroxylamine groups is 1. The molecule has 0 aromatic carbocycles. The molecule has 86 valence electrons. The average molecular weight is 215 g/mol. The summed E-state index contributed by atoms with van der Waals surface area (Å²) in [6.07, 6.45) is 3.04. The lowest BCUT2D eigenvalue weighted by Crippen LogP contribution is -2.33. The number of amides is 2. The van der Waals surface area contributed by atoms with Crippen LogP contribution in [-0.2, 0) is 14.4 Å². The molecular formula is C9H17N3O3. The molecule has 0 spiro atoms. The highest BCUT2D eigenvalue weighted by atomic mass is 16.7. The Kier molecular flexibility index (Phi) is 5.72. The Balaban J connectivity index is 1.93. The number of carbonyl (C=O) groups excluding carboxylic acids is 2. The van der Waals surface area contributed by atoms with Crippen molar-refractivity contribution >= 4 is 12.3 Å². The van der Waals surface area contributed by atoms with Crippen molar-refractivity contribution in [3.8, 4) is 0 Å². The fourth-order valence-corrected chi connectivity index (χ4v) is 1.42. The van der Waals surface area contributed by atoms with Gasteiger partial charge in [-0.3, -0.25) is 14.4 Å². The Morgan fingerprint density at radius 2 is 2.47 bits per heavy atom. The number of hydrogen-bond acceptors (Lipinski definition) is 4. The first kappa shape index (κ1) is 11.9. The lowest BCUT2D eigenvalue weighted by Gasteiger charge is -2.10. The summed E-state index contributed by atoms with van der Waals surface area (Å²) in [7, 11) is 0. The minimum Gasteiger partial charge on any atom is -0.358 e. The Morgan fingerprint density at radius 3 is 3.13 bits per heavy atom. The summed E-state index contributed by atoms with van der Waals surface area (Å²) < 4.78 is 0. The number of hydrogen-bond donors (Lipinski definition) is 3. The monoisotopic (exact) mass is 215 g/mol. The van der Waals surface area contributed by atoms with Crippen LogP contribution in [0.15, 0.2) is 0 Å². The predicted molar refractivity (Wildman–Crippen MR) is 53.8 cm³/mol. The van der Waals surface area contributed by atoms with E-state index >= 15 is 0 Å².